The SMILES string of the molecule is C=C(C)OC(=O)N1CCCC1c1ccccc1. The van der Waals surface area contributed by atoms with E-state index in [1.165, 1.54) is 5.56 Å². The number of rotatable bonds is 2. The van der Waals surface area contributed by atoms with Crippen molar-refractivity contribution in [2.24, 2.45) is 0 Å². The van der Waals surface area contributed by atoms with Gasteiger partial charge in [0.25, 0.3) is 0 Å². The molecule has 90 valence electrons. The molecule has 1 aliphatic rings. The number of benzene rings is 1. The van der Waals surface area contributed by atoms with Crippen molar-refractivity contribution in [2.75, 3.05) is 6.54 Å². The van der Waals surface area contributed by atoms with Gasteiger partial charge in [0.1, 0.15) is 0 Å². The Hall–Kier alpha value is -1.77. The molecule has 0 N–H and O–H groups in total. The Bertz CT molecular complexity index is 413. The number of allylic oxidation sites excluding steroid dienone is 1. The first-order valence-corrected chi connectivity index (χ1v) is 5.87. The van der Waals surface area contributed by atoms with Crippen LogP contribution in [0, 0.1) is 0 Å². The van der Waals surface area contributed by atoms with E-state index in [0.29, 0.717) is 5.76 Å². The number of hydrogen-bond donors (Lipinski definition) is 0. The Morgan fingerprint density at radius 3 is 2.76 bits per heavy atom. The van der Waals surface area contributed by atoms with Crippen molar-refractivity contribution in [3.05, 3.63) is 48.2 Å². The summed E-state index contributed by atoms with van der Waals surface area (Å²) < 4.78 is 5.08. The zero-order valence-corrected chi connectivity index (χ0v) is 10.1. The van der Waals surface area contributed by atoms with E-state index in [9.17, 15) is 4.79 Å². The monoisotopic (exact) mass is 231 g/mol. The van der Waals surface area contributed by atoms with E-state index in [0.717, 1.165) is 19.4 Å². The third-order valence-electron chi connectivity index (χ3n) is 2.93. The molecular weight excluding hydrogens is 214 g/mol. The van der Waals surface area contributed by atoms with Crippen LogP contribution in [0.15, 0.2) is 42.7 Å². The average Bonchev–Trinajstić information content (AvgIpc) is 2.78. The number of amides is 1. The topological polar surface area (TPSA) is 29.5 Å². The van der Waals surface area contributed by atoms with Crippen LogP contribution in [0.1, 0.15) is 31.4 Å². The lowest BCUT2D eigenvalue weighted by molar-refractivity contribution is 0.124. The highest BCUT2D eigenvalue weighted by molar-refractivity contribution is 5.69. The Balaban J connectivity index is 2.13. The highest BCUT2D eigenvalue weighted by Gasteiger charge is 2.30. The van der Waals surface area contributed by atoms with Gasteiger partial charge in [0, 0.05) is 6.54 Å². The highest BCUT2D eigenvalue weighted by atomic mass is 16.6. The molecule has 1 unspecified atom stereocenters. The zero-order chi connectivity index (χ0) is 12.3. The molecule has 1 fully saturated rings. The van der Waals surface area contributed by atoms with Gasteiger partial charge in [0.05, 0.1) is 11.8 Å². The molecule has 1 aromatic carbocycles. The van der Waals surface area contributed by atoms with E-state index >= 15 is 0 Å². The molecule has 0 bridgehead atoms. The molecule has 2 rings (SSSR count). The standard InChI is InChI=1S/C14H17NO2/c1-11(2)17-14(16)15-10-6-9-13(15)12-7-4-3-5-8-12/h3-5,7-8,13H,1,6,9-10H2,2H3. The minimum absolute atomic E-state index is 0.142. The Morgan fingerprint density at radius 2 is 2.12 bits per heavy atom. The molecule has 1 amide bonds. The minimum Gasteiger partial charge on any atom is -0.416 e. The van der Waals surface area contributed by atoms with E-state index in [1.54, 1.807) is 11.8 Å². The maximum absolute atomic E-state index is 11.9. The van der Waals surface area contributed by atoms with Crippen LogP contribution in [-0.4, -0.2) is 17.5 Å². The second kappa shape index (κ2) is 5.04. The number of carbonyl (C=O) groups excluding carboxylic acids is 1. The van der Waals surface area contributed by atoms with Gasteiger partial charge in [-0.25, -0.2) is 4.79 Å². The van der Waals surface area contributed by atoms with Gasteiger partial charge in [-0.2, -0.15) is 0 Å². The number of carbonyl (C=O) groups is 1. The van der Waals surface area contributed by atoms with Gasteiger partial charge >= 0.3 is 6.09 Å². The number of likely N-dealkylation sites (tertiary alicyclic amines) is 1. The lowest BCUT2D eigenvalue weighted by atomic mass is 10.1. The van der Waals surface area contributed by atoms with Gasteiger partial charge in [0.15, 0.2) is 0 Å². The summed E-state index contributed by atoms with van der Waals surface area (Å²) in [4.78, 5) is 13.7. The van der Waals surface area contributed by atoms with Crippen LogP contribution >= 0.6 is 0 Å². The molecule has 17 heavy (non-hydrogen) atoms. The normalized spacial score (nSPS) is 19.1. The van der Waals surface area contributed by atoms with E-state index in [4.69, 9.17) is 4.74 Å². The minimum atomic E-state index is -0.288. The number of ether oxygens (including phenoxy) is 1. The van der Waals surface area contributed by atoms with E-state index in [1.807, 2.05) is 18.2 Å². The first-order chi connectivity index (χ1) is 8.18. The fourth-order valence-corrected chi connectivity index (χ4v) is 2.21. The largest absolute Gasteiger partial charge is 0.416 e. The van der Waals surface area contributed by atoms with E-state index in [2.05, 4.69) is 18.7 Å². The highest BCUT2D eigenvalue weighted by Crippen LogP contribution is 2.32. The van der Waals surface area contributed by atoms with Crippen molar-refractivity contribution >= 4 is 6.09 Å². The molecule has 1 heterocycles. The molecule has 1 aliphatic heterocycles. The van der Waals surface area contributed by atoms with Crippen LogP contribution < -0.4 is 0 Å². The van der Waals surface area contributed by atoms with Crippen molar-refractivity contribution in [3.8, 4) is 0 Å². The smallest absolute Gasteiger partial charge is 0.415 e. The van der Waals surface area contributed by atoms with Gasteiger partial charge in [-0.1, -0.05) is 36.9 Å². The van der Waals surface area contributed by atoms with Crippen LogP contribution in [0.3, 0.4) is 0 Å². The zero-order valence-electron chi connectivity index (χ0n) is 10.1. The van der Waals surface area contributed by atoms with Gasteiger partial charge in [-0.3, -0.25) is 0 Å². The van der Waals surface area contributed by atoms with Crippen LogP contribution in [-0.2, 0) is 4.74 Å². The summed E-state index contributed by atoms with van der Waals surface area (Å²) in [6.45, 7) is 6.04. The summed E-state index contributed by atoms with van der Waals surface area (Å²) >= 11 is 0. The molecule has 1 aromatic rings. The lowest BCUT2D eigenvalue weighted by Gasteiger charge is -2.24. The molecule has 1 saturated heterocycles. The van der Waals surface area contributed by atoms with Crippen LogP contribution in [0.5, 0.6) is 0 Å². The van der Waals surface area contributed by atoms with Crippen molar-refractivity contribution in [3.63, 3.8) is 0 Å². The Labute approximate surface area is 102 Å². The third kappa shape index (κ3) is 2.67. The second-order valence-electron chi connectivity index (χ2n) is 4.33. The lowest BCUT2D eigenvalue weighted by Crippen LogP contribution is -2.30. The van der Waals surface area contributed by atoms with Gasteiger partial charge in [0.2, 0.25) is 0 Å². The molecule has 0 aromatic heterocycles. The fourth-order valence-electron chi connectivity index (χ4n) is 2.21. The molecule has 0 saturated carbocycles. The van der Waals surface area contributed by atoms with Crippen molar-refractivity contribution < 1.29 is 9.53 Å². The van der Waals surface area contributed by atoms with Crippen LogP contribution in [0.4, 0.5) is 4.79 Å². The van der Waals surface area contributed by atoms with Crippen LogP contribution in [0.25, 0.3) is 0 Å². The predicted octanol–water partition coefficient (Wildman–Crippen LogP) is 3.49. The summed E-state index contributed by atoms with van der Waals surface area (Å²) in [6.07, 6.45) is 1.73. The van der Waals surface area contributed by atoms with Crippen LogP contribution in [0.2, 0.25) is 0 Å². The molecule has 0 aliphatic carbocycles. The van der Waals surface area contributed by atoms with Gasteiger partial charge in [-0.15, -0.1) is 0 Å². The summed E-state index contributed by atoms with van der Waals surface area (Å²) in [5.74, 6) is 0.439. The molecule has 1 atom stereocenters. The number of hydrogen-bond acceptors (Lipinski definition) is 2. The van der Waals surface area contributed by atoms with Gasteiger partial charge in [-0.05, 0) is 25.3 Å². The first kappa shape index (κ1) is 11.7. The number of nitrogens with zero attached hydrogens (tertiary/aromatic N) is 1. The Kier molecular flexibility index (Phi) is 3.47. The van der Waals surface area contributed by atoms with Crippen molar-refractivity contribution in [2.45, 2.75) is 25.8 Å². The summed E-state index contributed by atoms with van der Waals surface area (Å²) in [5, 5.41) is 0. The molecule has 3 heteroatoms. The van der Waals surface area contributed by atoms with Gasteiger partial charge < -0.3 is 9.64 Å². The summed E-state index contributed by atoms with van der Waals surface area (Å²) in [6, 6.07) is 10.2. The molecule has 0 spiro atoms. The molecule has 3 nitrogen and oxygen atoms in total. The first-order valence-electron chi connectivity index (χ1n) is 5.87. The van der Waals surface area contributed by atoms with Crippen molar-refractivity contribution in [1.82, 2.24) is 4.90 Å². The fraction of sp³-hybridized carbons (Fsp3) is 0.357. The summed E-state index contributed by atoms with van der Waals surface area (Å²) in [7, 11) is 0. The molecular formula is C14H17NO2. The maximum Gasteiger partial charge on any atom is 0.415 e. The maximum atomic E-state index is 11.9. The van der Waals surface area contributed by atoms with Crippen molar-refractivity contribution in [1.29, 1.82) is 0 Å². The molecule has 0 radical (unpaired) electrons. The third-order valence-corrected chi connectivity index (χ3v) is 2.93. The Morgan fingerprint density at radius 1 is 1.41 bits per heavy atom. The van der Waals surface area contributed by atoms with E-state index < -0.39 is 0 Å². The average molecular weight is 231 g/mol. The predicted molar refractivity (Wildman–Crippen MR) is 66.4 cm³/mol. The summed E-state index contributed by atoms with van der Waals surface area (Å²) in [5.41, 5.74) is 1.17. The quantitative estimate of drug-likeness (QED) is 0.729. The van der Waals surface area contributed by atoms with E-state index in [-0.39, 0.29) is 12.1 Å². The second-order valence-corrected chi connectivity index (χ2v) is 4.33.